The molecule has 2 N–H and O–H groups in total. The van der Waals surface area contributed by atoms with Gasteiger partial charge in [0.25, 0.3) is 0 Å². The summed E-state index contributed by atoms with van der Waals surface area (Å²) in [6, 6.07) is 1.85. The zero-order chi connectivity index (χ0) is 24.9. The number of rotatable bonds is 7. The van der Waals surface area contributed by atoms with Crippen LogP contribution in [0.25, 0.3) is 0 Å². The van der Waals surface area contributed by atoms with Crippen molar-refractivity contribution in [1.29, 1.82) is 0 Å². The van der Waals surface area contributed by atoms with Crippen LogP contribution in [0.1, 0.15) is 18.5 Å². The summed E-state index contributed by atoms with van der Waals surface area (Å²) in [5.74, 6) is -1.75. The number of benzene rings is 1. The van der Waals surface area contributed by atoms with Crippen LogP contribution < -0.4 is 0 Å². The molecule has 14 nitrogen and oxygen atoms in total. The van der Waals surface area contributed by atoms with Crippen molar-refractivity contribution >= 4 is 11.4 Å². The van der Waals surface area contributed by atoms with E-state index in [0.29, 0.717) is 6.07 Å². The summed E-state index contributed by atoms with van der Waals surface area (Å²) >= 11 is 0. The lowest BCUT2D eigenvalue weighted by Gasteiger charge is -2.34. The zero-order valence-corrected chi connectivity index (χ0v) is 17.4. The fourth-order valence-corrected chi connectivity index (χ4v) is 3.04. The highest BCUT2D eigenvalue weighted by molar-refractivity contribution is 5.28. The van der Waals surface area contributed by atoms with Gasteiger partial charge in [-0.15, -0.1) is 0 Å². The molecule has 0 aliphatic carbocycles. The SMILES string of the molecule is C[C@@H](n1cc([N+](=O)[O-])cn1)[C@](O)(Cn1cncn1)c1ccc(F)cc1F.O=[N+]([O-])c1cn[nH]c1. The number of halogens is 2. The van der Waals surface area contributed by atoms with Gasteiger partial charge in [0.05, 0.1) is 28.6 Å². The number of aliphatic hydroxyl groups is 1. The Morgan fingerprint density at radius 1 is 1.18 bits per heavy atom. The Morgan fingerprint density at radius 2 is 1.91 bits per heavy atom. The van der Waals surface area contributed by atoms with Crippen molar-refractivity contribution in [3.05, 3.63) is 93.1 Å². The van der Waals surface area contributed by atoms with Crippen molar-refractivity contribution in [2.24, 2.45) is 0 Å². The monoisotopic (exact) mass is 477 g/mol. The highest BCUT2D eigenvalue weighted by Crippen LogP contribution is 2.36. The summed E-state index contributed by atoms with van der Waals surface area (Å²) in [7, 11) is 0. The van der Waals surface area contributed by atoms with Gasteiger partial charge in [-0.3, -0.25) is 30.0 Å². The van der Waals surface area contributed by atoms with E-state index in [9.17, 15) is 34.1 Å². The van der Waals surface area contributed by atoms with Crippen LogP contribution in [-0.4, -0.2) is 49.7 Å². The van der Waals surface area contributed by atoms with Crippen molar-refractivity contribution in [3.8, 4) is 0 Å². The molecule has 0 saturated carbocycles. The molecule has 178 valence electrons. The van der Waals surface area contributed by atoms with Gasteiger partial charge in [-0.25, -0.2) is 18.4 Å². The number of hydrogen-bond donors (Lipinski definition) is 2. The smallest absolute Gasteiger partial charge is 0.307 e. The Hall–Kier alpha value is -4.60. The predicted octanol–water partition coefficient (Wildman–Crippen LogP) is 2.13. The van der Waals surface area contributed by atoms with Gasteiger partial charge in [-0.2, -0.15) is 15.3 Å². The van der Waals surface area contributed by atoms with Crippen molar-refractivity contribution in [2.45, 2.75) is 25.1 Å². The molecule has 0 aliphatic heterocycles. The van der Waals surface area contributed by atoms with Crippen LogP contribution in [0.2, 0.25) is 0 Å². The maximum atomic E-state index is 14.4. The van der Waals surface area contributed by atoms with Gasteiger partial charge in [-0.05, 0) is 13.0 Å². The highest BCUT2D eigenvalue weighted by atomic mass is 19.1. The topological polar surface area (TPSA) is 184 Å². The van der Waals surface area contributed by atoms with Gasteiger partial charge in [0, 0.05) is 11.6 Å². The third kappa shape index (κ3) is 5.23. The number of H-pyrrole nitrogens is 1. The number of hydrogen-bond acceptors (Lipinski definition) is 9. The summed E-state index contributed by atoms with van der Waals surface area (Å²) in [5.41, 5.74) is -2.42. The minimum absolute atomic E-state index is 0.00926. The molecule has 4 rings (SSSR count). The van der Waals surface area contributed by atoms with E-state index in [4.69, 9.17) is 0 Å². The van der Waals surface area contributed by atoms with E-state index in [1.54, 1.807) is 0 Å². The summed E-state index contributed by atoms with van der Waals surface area (Å²) in [6.07, 6.45) is 7.08. The van der Waals surface area contributed by atoms with Crippen LogP contribution in [0.5, 0.6) is 0 Å². The Labute approximate surface area is 188 Å². The normalized spacial score (nSPS) is 13.4. The van der Waals surface area contributed by atoms with Gasteiger partial charge in [0.15, 0.2) is 0 Å². The summed E-state index contributed by atoms with van der Waals surface area (Å²) < 4.78 is 30.1. The minimum Gasteiger partial charge on any atom is -0.381 e. The standard InChI is InChI=1S/C15H14F2N6O3.C3H3N3O2/c1-10(22-6-12(5-19-22)23(25)26)15(24,7-21-9-18-8-20-21)13-3-2-11(16)4-14(13)17;7-6(8)3-1-4-5-2-3/h2-6,8-10,24H,7H2,1H3;1-2H,(H,4,5)/t10-,15-;/m1./s1. The quantitative estimate of drug-likeness (QED) is 0.297. The van der Waals surface area contributed by atoms with Crippen molar-refractivity contribution < 1.29 is 23.7 Å². The largest absolute Gasteiger partial charge is 0.381 e. The first-order chi connectivity index (χ1) is 16.1. The van der Waals surface area contributed by atoms with Gasteiger partial charge in [0.2, 0.25) is 0 Å². The molecular weight excluding hydrogens is 460 g/mol. The Kier molecular flexibility index (Phi) is 7.01. The van der Waals surface area contributed by atoms with E-state index >= 15 is 0 Å². The van der Waals surface area contributed by atoms with Crippen LogP contribution in [0.4, 0.5) is 20.2 Å². The predicted molar refractivity (Wildman–Crippen MR) is 109 cm³/mol. The number of nitrogens with one attached hydrogen (secondary N) is 1. The average Bonchev–Trinajstić information content (AvgIpc) is 3.56. The molecule has 1 aromatic carbocycles. The molecule has 3 aromatic heterocycles. The van der Waals surface area contributed by atoms with E-state index in [-0.39, 0.29) is 23.5 Å². The van der Waals surface area contributed by atoms with E-state index < -0.39 is 33.1 Å². The maximum Gasteiger partial charge on any atom is 0.307 e. The van der Waals surface area contributed by atoms with E-state index in [1.807, 2.05) is 0 Å². The molecule has 4 aromatic rings. The van der Waals surface area contributed by atoms with Gasteiger partial charge < -0.3 is 5.11 Å². The van der Waals surface area contributed by atoms with Crippen LogP contribution in [-0.2, 0) is 12.1 Å². The molecule has 34 heavy (non-hydrogen) atoms. The third-order valence-corrected chi connectivity index (χ3v) is 4.85. The van der Waals surface area contributed by atoms with Gasteiger partial charge >= 0.3 is 11.4 Å². The fraction of sp³-hybridized carbons (Fsp3) is 0.222. The molecule has 2 atom stereocenters. The number of aromatic nitrogens is 7. The van der Waals surface area contributed by atoms with Gasteiger partial charge in [-0.1, -0.05) is 6.07 Å². The van der Waals surface area contributed by atoms with Crippen molar-refractivity contribution in [1.82, 2.24) is 34.7 Å². The Bertz CT molecular complexity index is 1260. The first-order valence-electron chi connectivity index (χ1n) is 9.44. The second kappa shape index (κ2) is 9.90. The lowest BCUT2D eigenvalue weighted by atomic mass is 9.86. The Balaban J connectivity index is 0.000000343. The van der Waals surface area contributed by atoms with Crippen LogP contribution >= 0.6 is 0 Å². The molecule has 0 unspecified atom stereocenters. The fourth-order valence-electron chi connectivity index (χ4n) is 3.04. The number of nitrogens with zero attached hydrogens (tertiary/aromatic N) is 8. The van der Waals surface area contributed by atoms with Crippen molar-refractivity contribution in [3.63, 3.8) is 0 Å². The Morgan fingerprint density at radius 3 is 2.41 bits per heavy atom. The molecule has 0 saturated heterocycles. The second-order valence-electron chi connectivity index (χ2n) is 6.97. The zero-order valence-electron chi connectivity index (χ0n) is 17.4. The van der Waals surface area contributed by atoms with Crippen molar-refractivity contribution in [2.75, 3.05) is 0 Å². The molecule has 0 bridgehead atoms. The molecule has 0 spiro atoms. The van der Waals surface area contributed by atoms with Crippen LogP contribution in [0.3, 0.4) is 0 Å². The van der Waals surface area contributed by atoms with E-state index in [0.717, 1.165) is 35.4 Å². The van der Waals surface area contributed by atoms with Crippen LogP contribution in [0.15, 0.2) is 55.6 Å². The molecular formula is C18H17F2N9O5. The van der Waals surface area contributed by atoms with E-state index in [2.05, 4.69) is 25.4 Å². The first kappa shape index (κ1) is 24.1. The molecule has 0 aliphatic rings. The number of nitro groups is 2. The van der Waals surface area contributed by atoms with Gasteiger partial charge in [0.1, 0.15) is 48.5 Å². The summed E-state index contributed by atoms with van der Waals surface area (Å²) in [5, 5.41) is 45.5. The minimum atomic E-state index is -1.94. The highest BCUT2D eigenvalue weighted by Gasteiger charge is 2.41. The lowest BCUT2D eigenvalue weighted by molar-refractivity contribution is -0.385. The maximum absolute atomic E-state index is 14.4. The van der Waals surface area contributed by atoms with Crippen LogP contribution in [0, 0.1) is 31.9 Å². The first-order valence-corrected chi connectivity index (χ1v) is 9.44. The molecule has 0 fully saturated rings. The molecule has 0 amide bonds. The second-order valence-corrected chi connectivity index (χ2v) is 6.97. The molecule has 0 radical (unpaired) electrons. The average molecular weight is 477 g/mol. The third-order valence-electron chi connectivity index (χ3n) is 4.85. The lowest BCUT2D eigenvalue weighted by Crippen LogP contribution is -2.40. The molecule has 3 heterocycles. The number of aromatic amines is 1. The summed E-state index contributed by atoms with van der Waals surface area (Å²) in [4.78, 5) is 23.3. The van der Waals surface area contributed by atoms with E-state index in [1.165, 1.54) is 30.5 Å². The molecule has 16 heteroatoms. The summed E-state index contributed by atoms with van der Waals surface area (Å²) in [6.45, 7) is 1.28.